The summed E-state index contributed by atoms with van der Waals surface area (Å²) in [6, 6.07) is 7.15. The Morgan fingerprint density at radius 1 is 1.40 bits per heavy atom. The highest BCUT2D eigenvalue weighted by Gasteiger charge is 1.90. The Labute approximate surface area is 60.3 Å². The SMILES string of the molecule is N[11CH2]Cc1cccc(O)c1. The van der Waals surface area contributed by atoms with Crippen molar-refractivity contribution in [2.45, 2.75) is 6.42 Å². The molecule has 1 aromatic carbocycles. The first kappa shape index (κ1) is 7.09. The van der Waals surface area contributed by atoms with Gasteiger partial charge in [0.05, 0.1) is 0 Å². The van der Waals surface area contributed by atoms with Crippen LogP contribution in [0.15, 0.2) is 24.3 Å². The van der Waals surface area contributed by atoms with Crippen LogP contribution in [-0.2, 0) is 6.42 Å². The minimum absolute atomic E-state index is 0.311. The number of aromatic hydroxyl groups is 1. The Morgan fingerprint density at radius 2 is 2.20 bits per heavy atom. The number of hydrogen-bond acceptors (Lipinski definition) is 2. The van der Waals surface area contributed by atoms with E-state index in [2.05, 4.69) is 0 Å². The van der Waals surface area contributed by atoms with E-state index in [0.29, 0.717) is 12.3 Å². The lowest BCUT2D eigenvalue weighted by molar-refractivity contribution is 0.474. The maximum Gasteiger partial charge on any atom is 0.115 e. The molecule has 0 fully saturated rings. The highest BCUT2D eigenvalue weighted by atomic mass is 16.3. The van der Waals surface area contributed by atoms with E-state index in [1.165, 1.54) is 0 Å². The first-order valence-corrected chi connectivity index (χ1v) is 3.31. The number of phenols is 1. The second-order valence-corrected chi connectivity index (χ2v) is 2.21. The van der Waals surface area contributed by atoms with Gasteiger partial charge in [0.25, 0.3) is 0 Å². The molecule has 0 radical (unpaired) electrons. The van der Waals surface area contributed by atoms with Crippen molar-refractivity contribution in [3.05, 3.63) is 29.8 Å². The van der Waals surface area contributed by atoms with E-state index in [-0.39, 0.29) is 0 Å². The molecule has 0 spiro atoms. The Kier molecular flexibility index (Phi) is 2.29. The molecule has 3 N–H and O–H groups in total. The first-order chi connectivity index (χ1) is 4.83. The van der Waals surface area contributed by atoms with Gasteiger partial charge >= 0.3 is 0 Å². The Bertz CT molecular complexity index is 210. The topological polar surface area (TPSA) is 46.2 Å². The molecule has 0 saturated carbocycles. The van der Waals surface area contributed by atoms with Crippen LogP contribution in [0, 0.1) is 0 Å². The summed E-state index contributed by atoms with van der Waals surface area (Å²) in [5, 5.41) is 9.00. The van der Waals surface area contributed by atoms with Crippen LogP contribution >= 0.6 is 0 Å². The van der Waals surface area contributed by atoms with Crippen LogP contribution in [-0.4, -0.2) is 11.7 Å². The van der Waals surface area contributed by atoms with Crippen molar-refractivity contribution in [3.63, 3.8) is 0 Å². The summed E-state index contributed by atoms with van der Waals surface area (Å²) < 4.78 is 0. The summed E-state index contributed by atoms with van der Waals surface area (Å²) in [5.74, 6) is 0.311. The molecule has 0 aliphatic heterocycles. The minimum Gasteiger partial charge on any atom is -0.508 e. The third-order valence-electron chi connectivity index (χ3n) is 1.34. The van der Waals surface area contributed by atoms with Crippen LogP contribution in [0.25, 0.3) is 0 Å². The summed E-state index contributed by atoms with van der Waals surface area (Å²) in [7, 11) is 0. The van der Waals surface area contributed by atoms with Crippen molar-refractivity contribution in [2.75, 3.05) is 6.54 Å². The zero-order valence-electron chi connectivity index (χ0n) is 5.75. The van der Waals surface area contributed by atoms with Gasteiger partial charge in [-0.25, -0.2) is 0 Å². The highest BCUT2D eigenvalue weighted by Crippen LogP contribution is 2.10. The molecule has 0 bridgehead atoms. The van der Waals surface area contributed by atoms with E-state index >= 15 is 0 Å². The molecule has 0 aliphatic carbocycles. The van der Waals surface area contributed by atoms with Crippen molar-refractivity contribution < 1.29 is 5.11 Å². The molecule has 2 heteroatoms. The van der Waals surface area contributed by atoms with E-state index < -0.39 is 0 Å². The number of rotatable bonds is 2. The van der Waals surface area contributed by atoms with Crippen molar-refractivity contribution in [1.82, 2.24) is 0 Å². The van der Waals surface area contributed by atoms with Crippen LogP contribution in [0.4, 0.5) is 0 Å². The Balaban J connectivity index is 2.75. The molecule has 10 heavy (non-hydrogen) atoms. The van der Waals surface area contributed by atoms with Gasteiger partial charge in [0.15, 0.2) is 0 Å². The van der Waals surface area contributed by atoms with Gasteiger partial charge in [0.2, 0.25) is 0 Å². The highest BCUT2D eigenvalue weighted by molar-refractivity contribution is 5.27. The lowest BCUT2D eigenvalue weighted by atomic mass is 9.95. The maximum atomic E-state index is 9.00. The van der Waals surface area contributed by atoms with Gasteiger partial charge < -0.3 is 10.8 Å². The number of hydrogen-bond donors (Lipinski definition) is 2. The molecule has 0 atom stereocenters. The van der Waals surface area contributed by atoms with Crippen LogP contribution in [0.1, 0.15) is 5.56 Å². The fourth-order valence-electron chi connectivity index (χ4n) is 0.879. The summed E-state index contributed by atoms with van der Waals surface area (Å²) in [6.07, 6.45) is 0.828. The summed E-state index contributed by atoms with van der Waals surface area (Å²) in [6.45, 7) is 0.628. The number of benzene rings is 1. The molecule has 1 aromatic rings. The molecule has 0 unspecified atom stereocenters. The smallest absolute Gasteiger partial charge is 0.115 e. The summed E-state index contributed by atoms with van der Waals surface area (Å²) in [5.41, 5.74) is 6.41. The number of nitrogens with two attached hydrogens (primary N) is 1. The molecule has 0 heterocycles. The van der Waals surface area contributed by atoms with Gasteiger partial charge in [-0.1, -0.05) is 12.1 Å². The molecule has 0 aliphatic rings. The van der Waals surface area contributed by atoms with Crippen molar-refractivity contribution >= 4 is 0 Å². The third kappa shape index (κ3) is 1.74. The molecule has 2 nitrogen and oxygen atoms in total. The minimum atomic E-state index is 0.311. The Morgan fingerprint density at radius 3 is 2.80 bits per heavy atom. The second kappa shape index (κ2) is 3.22. The molecule has 54 valence electrons. The van der Waals surface area contributed by atoms with Gasteiger partial charge in [-0.3, -0.25) is 0 Å². The van der Waals surface area contributed by atoms with E-state index in [1.807, 2.05) is 12.1 Å². The van der Waals surface area contributed by atoms with Gasteiger partial charge in [-0.05, 0) is 30.7 Å². The average Bonchev–Trinajstić information content (AvgIpc) is 1.88. The molecule has 0 saturated heterocycles. The zero-order valence-corrected chi connectivity index (χ0v) is 5.75. The van der Waals surface area contributed by atoms with Crippen LogP contribution < -0.4 is 5.73 Å². The molecular weight excluding hydrogens is 125 g/mol. The first-order valence-electron chi connectivity index (χ1n) is 3.31. The second-order valence-electron chi connectivity index (χ2n) is 2.21. The third-order valence-corrected chi connectivity index (χ3v) is 1.34. The van der Waals surface area contributed by atoms with E-state index in [4.69, 9.17) is 10.8 Å². The van der Waals surface area contributed by atoms with Gasteiger partial charge in [-0.2, -0.15) is 0 Å². The molecule has 0 amide bonds. The monoisotopic (exact) mass is 136 g/mol. The normalized spacial score (nSPS) is 9.70. The summed E-state index contributed by atoms with van der Waals surface area (Å²) in [4.78, 5) is 0. The van der Waals surface area contributed by atoms with Gasteiger partial charge in [-0.15, -0.1) is 0 Å². The maximum absolute atomic E-state index is 9.00. The number of phenolic OH excluding ortho intramolecular Hbond substituents is 1. The fraction of sp³-hybridized carbons (Fsp3) is 0.250. The largest absolute Gasteiger partial charge is 0.508 e. The van der Waals surface area contributed by atoms with E-state index in [1.54, 1.807) is 12.1 Å². The zero-order chi connectivity index (χ0) is 7.40. The summed E-state index contributed by atoms with van der Waals surface area (Å²) >= 11 is 0. The van der Waals surface area contributed by atoms with Crippen molar-refractivity contribution in [1.29, 1.82) is 0 Å². The predicted molar refractivity (Wildman–Crippen MR) is 40.9 cm³/mol. The lowest BCUT2D eigenvalue weighted by Crippen LogP contribution is -2.01. The lowest BCUT2D eigenvalue weighted by Gasteiger charge is -1.97. The van der Waals surface area contributed by atoms with Crippen molar-refractivity contribution in [3.8, 4) is 5.75 Å². The van der Waals surface area contributed by atoms with Crippen LogP contribution in [0.2, 0.25) is 0 Å². The molecular formula is C8H11NO. The average molecular weight is 136 g/mol. The standard InChI is InChI=1S/C8H11NO/c9-5-4-7-2-1-3-8(10)6-7/h1-3,6,10H,4-5,9H2/i5-1. The Hall–Kier alpha value is -1.02. The van der Waals surface area contributed by atoms with E-state index in [0.717, 1.165) is 12.0 Å². The predicted octanol–water partition coefficient (Wildman–Crippen LogP) is 0.893. The van der Waals surface area contributed by atoms with Crippen molar-refractivity contribution in [2.24, 2.45) is 5.73 Å². The van der Waals surface area contributed by atoms with Crippen LogP contribution in [0.5, 0.6) is 5.75 Å². The van der Waals surface area contributed by atoms with Crippen LogP contribution in [0.3, 0.4) is 0 Å². The van der Waals surface area contributed by atoms with Gasteiger partial charge in [0, 0.05) is 0 Å². The fourth-order valence-corrected chi connectivity index (χ4v) is 0.879. The molecule has 0 aromatic heterocycles. The quantitative estimate of drug-likeness (QED) is 0.634. The molecule has 1 rings (SSSR count). The van der Waals surface area contributed by atoms with E-state index in [9.17, 15) is 0 Å². The van der Waals surface area contributed by atoms with Gasteiger partial charge in [0.1, 0.15) is 5.75 Å².